The van der Waals surface area contributed by atoms with E-state index in [2.05, 4.69) is 30.2 Å². The Bertz CT molecular complexity index is 1350. The van der Waals surface area contributed by atoms with Gasteiger partial charge in [0.25, 0.3) is 0 Å². The molecule has 0 atom stereocenters. The molecule has 0 fully saturated rings. The van der Waals surface area contributed by atoms with Crippen molar-refractivity contribution in [1.82, 2.24) is 24.9 Å². The molecule has 0 aliphatic heterocycles. The molecule has 0 aliphatic carbocycles. The molecule has 0 saturated carbocycles. The molecule has 8 nitrogen and oxygen atoms in total. The van der Waals surface area contributed by atoms with E-state index in [9.17, 15) is 5.11 Å². The van der Waals surface area contributed by atoms with E-state index in [0.717, 1.165) is 11.1 Å². The highest BCUT2D eigenvalue weighted by Gasteiger charge is 2.13. The Kier molecular flexibility index (Phi) is 4.78. The minimum Gasteiger partial charge on any atom is -0.507 e. The van der Waals surface area contributed by atoms with Crippen molar-refractivity contribution >= 4 is 35.2 Å². The van der Waals surface area contributed by atoms with Crippen LogP contribution in [0, 0.1) is 0 Å². The van der Waals surface area contributed by atoms with Crippen molar-refractivity contribution < 1.29 is 9.52 Å². The lowest BCUT2D eigenvalue weighted by Crippen LogP contribution is -2.03. The SMILES string of the molecule is Oc1ccccc1-c1nc(/C=C/c2cccnc2)nc(Nc2nc3ccccc3o2)n1. The number of pyridine rings is 1. The molecule has 2 aromatic carbocycles. The summed E-state index contributed by atoms with van der Waals surface area (Å²) in [6.07, 6.45) is 7.04. The summed E-state index contributed by atoms with van der Waals surface area (Å²) in [7, 11) is 0. The quantitative estimate of drug-likeness (QED) is 0.431. The number of fused-ring (bicyclic) bond motifs is 1. The molecule has 0 amide bonds. The molecule has 3 aromatic heterocycles. The van der Waals surface area contributed by atoms with Crippen LogP contribution in [0.1, 0.15) is 11.4 Å². The minimum absolute atomic E-state index is 0.0729. The van der Waals surface area contributed by atoms with Gasteiger partial charge in [-0.1, -0.05) is 30.3 Å². The number of nitrogens with one attached hydrogen (secondary N) is 1. The Balaban J connectivity index is 1.55. The first-order valence-electron chi connectivity index (χ1n) is 9.50. The molecule has 0 spiro atoms. The average Bonchev–Trinajstić information content (AvgIpc) is 3.21. The van der Waals surface area contributed by atoms with E-state index in [0.29, 0.717) is 22.8 Å². The van der Waals surface area contributed by atoms with Crippen molar-refractivity contribution in [2.24, 2.45) is 0 Å². The van der Waals surface area contributed by atoms with Crippen LogP contribution in [0.3, 0.4) is 0 Å². The molecule has 31 heavy (non-hydrogen) atoms. The number of anilines is 2. The molecule has 150 valence electrons. The second-order valence-corrected chi connectivity index (χ2v) is 6.59. The lowest BCUT2D eigenvalue weighted by Gasteiger charge is -2.07. The first kappa shape index (κ1) is 18.4. The Morgan fingerprint density at radius 1 is 0.839 bits per heavy atom. The number of oxazole rings is 1. The normalized spacial score (nSPS) is 11.2. The molecular weight excluding hydrogens is 392 g/mol. The van der Waals surface area contributed by atoms with Gasteiger partial charge in [-0.25, -0.2) is 4.98 Å². The third kappa shape index (κ3) is 4.08. The number of phenols is 1. The number of nitrogens with zero attached hydrogens (tertiary/aromatic N) is 5. The van der Waals surface area contributed by atoms with Crippen LogP contribution in [-0.4, -0.2) is 30.0 Å². The smallest absolute Gasteiger partial charge is 0.302 e. The van der Waals surface area contributed by atoms with Crippen LogP contribution in [0.2, 0.25) is 0 Å². The predicted molar refractivity (Wildman–Crippen MR) is 117 cm³/mol. The van der Waals surface area contributed by atoms with E-state index in [1.807, 2.05) is 42.5 Å². The van der Waals surface area contributed by atoms with Gasteiger partial charge in [-0.15, -0.1) is 0 Å². The van der Waals surface area contributed by atoms with Crippen LogP contribution in [0.25, 0.3) is 34.6 Å². The van der Waals surface area contributed by atoms with Crippen LogP contribution in [-0.2, 0) is 0 Å². The van der Waals surface area contributed by atoms with Gasteiger partial charge in [-0.2, -0.15) is 15.0 Å². The molecule has 2 N–H and O–H groups in total. The van der Waals surface area contributed by atoms with Crippen molar-refractivity contribution in [2.45, 2.75) is 0 Å². The van der Waals surface area contributed by atoms with Crippen molar-refractivity contribution in [1.29, 1.82) is 0 Å². The van der Waals surface area contributed by atoms with Crippen LogP contribution in [0.15, 0.2) is 77.5 Å². The maximum Gasteiger partial charge on any atom is 0.302 e. The van der Waals surface area contributed by atoms with Crippen LogP contribution >= 0.6 is 0 Å². The fourth-order valence-corrected chi connectivity index (χ4v) is 2.97. The van der Waals surface area contributed by atoms with Gasteiger partial charge in [0.15, 0.2) is 17.2 Å². The predicted octanol–water partition coefficient (Wildman–Crippen LogP) is 4.69. The van der Waals surface area contributed by atoms with Gasteiger partial charge in [0.1, 0.15) is 11.3 Å². The summed E-state index contributed by atoms with van der Waals surface area (Å²) in [5.41, 5.74) is 2.76. The van der Waals surface area contributed by atoms with Crippen LogP contribution in [0.4, 0.5) is 12.0 Å². The Hall–Kier alpha value is -4.59. The number of aromatic nitrogens is 5. The standard InChI is InChI=1S/C23H16N6O2/c30-18-9-3-1-7-16(18)21-26-20(12-11-15-6-5-13-24-14-15)27-22(28-21)29-23-25-17-8-2-4-10-19(17)31-23/h1-14,30H,(H,25,26,27,28,29)/b12-11+. The zero-order valence-electron chi connectivity index (χ0n) is 16.2. The van der Waals surface area contributed by atoms with E-state index in [1.165, 1.54) is 0 Å². The summed E-state index contributed by atoms with van der Waals surface area (Å²) in [6.45, 7) is 0. The van der Waals surface area contributed by atoms with Gasteiger partial charge < -0.3 is 9.52 Å². The number of aromatic hydroxyl groups is 1. The maximum absolute atomic E-state index is 10.3. The molecule has 0 saturated heterocycles. The monoisotopic (exact) mass is 408 g/mol. The summed E-state index contributed by atoms with van der Waals surface area (Å²) in [5, 5.41) is 13.3. The number of phenolic OH excluding ortho intramolecular Hbond substituents is 1. The topological polar surface area (TPSA) is 110 Å². The highest BCUT2D eigenvalue weighted by molar-refractivity contribution is 5.75. The minimum atomic E-state index is 0.0729. The number of para-hydroxylation sites is 3. The molecule has 0 radical (unpaired) electrons. The van der Waals surface area contributed by atoms with Crippen LogP contribution in [0.5, 0.6) is 5.75 Å². The van der Waals surface area contributed by atoms with Gasteiger partial charge >= 0.3 is 6.01 Å². The molecule has 0 bridgehead atoms. The summed E-state index contributed by atoms with van der Waals surface area (Å²) in [5.74, 6) is 1.03. The molecule has 5 aromatic rings. The largest absolute Gasteiger partial charge is 0.507 e. The summed E-state index contributed by atoms with van der Waals surface area (Å²) in [4.78, 5) is 21.9. The molecular formula is C23H16N6O2. The van der Waals surface area contributed by atoms with Crippen molar-refractivity contribution in [2.75, 3.05) is 5.32 Å². The summed E-state index contributed by atoms with van der Waals surface area (Å²) in [6, 6.07) is 18.3. The van der Waals surface area contributed by atoms with Gasteiger partial charge in [-0.3, -0.25) is 10.3 Å². The van der Waals surface area contributed by atoms with E-state index in [1.54, 1.807) is 42.7 Å². The second kappa shape index (κ2) is 8.03. The van der Waals surface area contributed by atoms with E-state index in [-0.39, 0.29) is 17.7 Å². The number of benzene rings is 2. The van der Waals surface area contributed by atoms with E-state index < -0.39 is 0 Å². The van der Waals surface area contributed by atoms with Gasteiger partial charge in [0.05, 0.1) is 5.56 Å². The van der Waals surface area contributed by atoms with Crippen molar-refractivity contribution in [3.05, 3.63) is 84.4 Å². The average molecular weight is 408 g/mol. The number of hydrogen-bond acceptors (Lipinski definition) is 8. The first-order chi connectivity index (χ1) is 15.2. The third-order valence-corrected chi connectivity index (χ3v) is 4.42. The molecule has 5 rings (SSSR count). The summed E-state index contributed by atoms with van der Waals surface area (Å²) < 4.78 is 5.71. The van der Waals surface area contributed by atoms with Crippen molar-refractivity contribution in [3.8, 4) is 17.1 Å². The van der Waals surface area contributed by atoms with Gasteiger partial charge in [-0.05, 0) is 48.0 Å². The highest BCUT2D eigenvalue weighted by atomic mass is 16.4. The Labute approximate surface area is 177 Å². The zero-order valence-corrected chi connectivity index (χ0v) is 16.2. The second-order valence-electron chi connectivity index (χ2n) is 6.59. The molecule has 0 unspecified atom stereocenters. The molecule has 8 heteroatoms. The van der Waals surface area contributed by atoms with Gasteiger partial charge in [0.2, 0.25) is 5.95 Å². The lowest BCUT2D eigenvalue weighted by molar-refractivity contribution is 0.477. The fraction of sp³-hybridized carbons (Fsp3) is 0. The maximum atomic E-state index is 10.3. The van der Waals surface area contributed by atoms with E-state index >= 15 is 0 Å². The lowest BCUT2D eigenvalue weighted by atomic mass is 10.2. The summed E-state index contributed by atoms with van der Waals surface area (Å²) >= 11 is 0. The van der Waals surface area contributed by atoms with Crippen molar-refractivity contribution in [3.63, 3.8) is 0 Å². The highest BCUT2D eigenvalue weighted by Crippen LogP contribution is 2.27. The first-order valence-corrected chi connectivity index (χ1v) is 9.50. The Morgan fingerprint density at radius 2 is 1.71 bits per heavy atom. The molecule has 3 heterocycles. The third-order valence-electron chi connectivity index (χ3n) is 4.42. The number of hydrogen-bond donors (Lipinski definition) is 2. The fourth-order valence-electron chi connectivity index (χ4n) is 2.97. The van der Waals surface area contributed by atoms with Crippen LogP contribution < -0.4 is 5.32 Å². The molecule has 0 aliphatic rings. The zero-order chi connectivity index (χ0) is 21.0. The Morgan fingerprint density at radius 3 is 2.55 bits per heavy atom. The van der Waals surface area contributed by atoms with Gasteiger partial charge in [0, 0.05) is 12.4 Å². The van der Waals surface area contributed by atoms with E-state index in [4.69, 9.17) is 4.42 Å². The number of rotatable bonds is 5.